The fraction of sp³-hybridized carbons (Fsp3) is 0.562. The Bertz CT molecular complexity index is 1650. The van der Waals surface area contributed by atoms with Gasteiger partial charge in [-0.2, -0.15) is 0 Å². The number of amides is 9. The van der Waals surface area contributed by atoms with Gasteiger partial charge in [0.1, 0.15) is 54.2 Å². The quantitative estimate of drug-likeness (QED) is 0.108. The highest BCUT2D eigenvalue weighted by atomic mass is 33.1. The highest BCUT2D eigenvalue weighted by Gasteiger charge is 2.35. The summed E-state index contributed by atoms with van der Waals surface area (Å²) >= 11 is 0. The van der Waals surface area contributed by atoms with Crippen molar-refractivity contribution in [3.05, 3.63) is 29.7 Å². The van der Waals surface area contributed by atoms with E-state index in [1.165, 1.54) is 19.3 Å². The van der Waals surface area contributed by atoms with Crippen LogP contribution in [0.25, 0.3) is 0 Å². The Morgan fingerprint density at radius 2 is 1.32 bits per heavy atom. The smallest absolute Gasteiger partial charge is 0.248 e. The molecule has 1 fully saturated rings. The Kier molecular flexibility index (Phi) is 19.4. The topological polar surface area (TPSA) is 365 Å². The van der Waals surface area contributed by atoms with Gasteiger partial charge in [-0.1, -0.05) is 42.0 Å². The molecule has 1 aromatic heterocycles. The summed E-state index contributed by atoms with van der Waals surface area (Å²) in [5.41, 5.74) is 5.46. The molecule has 9 amide bonds. The number of aliphatic hydroxyl groups is 3. The maximum Gasteiger partial charge on any atom is 0.248 e. The fourth-order valence-electron chi connectivity index (χ4n) is 4.84. The predicted octanol–water partition coefficient (Wildman–Crippen LogP) is -6.10. The van der Waals surface area contributed by atoms with Crippen molar-refractivity contribution in [3.63, 3.8) is 0 Å². The third-order valence-corrected chi connectivity index (χ3v) is 10.5. The van der Waals surface area contributed by atoms with Crippen LogP contribution in [0.3, 0.4) is 0 Å². The minimum absolute atomic E-state index is 0.0413. The Labute approximate surface area is 334 Å². The number of nitrogens with zero attached hydrogens (tertiary/aromatic N) is 1. The van der Waals surface area contributed by atoms with E-state index in [9.17, 15) is 58.5 Å². The van der Waals surface area contributed by atoms with Gasteiger partial charge in [0.05, 0.1) is 19.8 Å². The first-order valence-electron chi connectivity index (χ1n) is 17.3. The van der Waals surface area contributed by atoms with Crippen molar-refractivity contribution in [2.24, 2.45) is 11.7 Å². The summed E-state index contributed by atoms with van der Waals surface area (Å²) in [4.78, 5) is 124. The lowest BCUT2D eigenvalue weighted by Gasteiger charge is -2.28. The van der Waals surface area contributed by atoms with E-state index in [0.717, 1.165) is 28.5 Å². The van der Waals surface area contributed by atoms with Crippen LogP contribution in [0, 0.1) is 5.92 Å². The van der Waals surface area contributed by atoms with E-state index in [2.05, 4.69) is 59.1 Å². The lowest BCUT2D eigenvalue weighted by atomic mass is 10.0. The van der Waals surface area contributed by atoms with Gasteiger partial charge in [-0.15, -0.1) is 0 Å². The van der Waals surface area contributed by atoms with Gasteiger partial charge in [0.15, 0.2) is 0 Å². The van der Waals surface area contributed by atoms with Crippen molar-refractivity contribution in [2.75, 3.05) is 25.6 Å². The van der Waals surface area contributed by atoms with Gasteiger partial charge >= 0.3 is 0 Å². The molecule has 1 aliphatic rings. The molecule has 1 aromatic rings. The fourth-order valence-corrected chi connectivity index (χ4v) is 7.06. The van der Waals surface area contributed by atoms with E-state index in [1.807, 2.05) is 0 Å². The molecule has 316 valence electrons. The summed E-state index contributed by atoms with van der Waals surface area (Å²) in [6.45, 7) is 6.30. The number of primary amides is 1. The molecule has 0 bridgehead atoms. The van der Waals surface area contributed by atoms with Gasteiger partial charge in [-0.25, -0.2) is 4.98 Å². The average Bonchev–Trinajstić information content (AvgIpc) is 3.67. The van der Waals surface area contributed by atoms with Crippen molar-refractivity contribution in [2.45, 2.75) is 82.5 Å². The Hall–Kier alpha value is -5.24. The SMILES string of the molecule is C=C1SSC[C@@H](C(N)=O)NC(=O)[C@H](CO)NC(=O)[C@H](CO)NC(=O)[C@H](C(C)C)NC(=O)[C@H](C)NC(=O)[C@H](Cc2ncc[nH]2)NC(=O)[C@H](CO)NC(=O)[C@@H]1NC(C)=O. The molecule has 0 radical (unpaired) electrons. The molecule has 0 spiro atoms. The number of nitrogens with one attached hydrogen (secondary N) is 9. The molecule has 2 rings (SSSR count). The highest BCUT2D eigenvalue weighted by Crippen LogP contribution is 2.31. The molecule has 0 saturated carbocycles. The number of hydrogen-bond donors (Lipinski definition) is 13. The van der Waals surface area contributed by atoms with Crippen LogP contribution in [0.1, 0.15) is 33.5 Å². The molecule has 57 heavy (non-hydrogen) atoms. The summed E-state index contributed by atoms with van der Waals surface area (Å²) in [6, 6.07) is -12.2. The summed E-state index contributed by atoms with van der Waals surface area (Å²) in [6.07, 6.45) is 2.58. The molecule has 0 aromatic carbocycles. The van der Waals surface area contributed by atoms with E-state index in [-0.39, 0.29) is 22.9 Å². The van der Waals surface area contributed by atoms with E-state index in [4.69, 9.17) is 5.73 Å². The zero-order valence-corrected chi connectivity index (χ0v) is 33.1. The standard InChI is InChI=1S/C32H49N11O12S2/c1-13(2)23-31(54)40-20(11-46)29(52)39-18(9-44)30(53)42-21(25(33)48)12-56-57-15(4)24(37-16(5)47)32(55)41-19(10-45)28(51)38-17(8-22-34-6-7-35-22)27(50)36-14(3)26(49)43-23/h6-7,13-14,17-21,23-24,44-46H,4,8-12H2,1-3,5H3,(H2,33,48)(H,34,35)(H,36,50)(H,37,47)(H,38,51)(H,39,52)(H,40,54)(H,41,55)(H,42,53)(H,43,49)/t14-,17-,18-,19-,20-,21-,23-,24+/m0/s1. The Morgan fingerprint density at radius 3 is 1.81 bits per heavy atom. The predicted molar refractivity (Wildman–Crippen MR) is 204 cm³/mol. The van der Waals surface area contributed by atoms with Crippen molar-refractivity contribution >= 4 is 74.8 Å². The lowest BCUT2D eigenvalue weighted by molar-refractivity contribution is -0.136. The molecule has 25 heteroatoms. The van der Waals surface area contributed by atoms with Crippen LogP contribution >= 0.6 is 21.6 Å². The second kappa shape index (κ2) is 23.1. The second-order valence-electron chi connectivity index (χ2n) is 12.9. The minimum atomic E-state index is -1.71. The highest BCUT2D eigenvalue weighted by molar-refractivity contribution is 8.78. The number of carbonyl (C=O) groups is 9. The largest absolute Gasteiger partial charge is 0.394 e. The number of aromatic amines is 1. The van der Waals surface area contributed by atoms with Gasteiger partial charge in [-0.05, 0) is 12.8 Å². The lowest BCUT2D eigenvalue weighted by Crippen LogP contribution is -2.62. The maximum absolute atomic E-state index is 13.5. The number of rotatable bonds is 8. The zero-order valence-electron chi connectivity index (χ0n) is 31.5. The van der Waals surface area contributed by atoms with E-state index in [0.29, 0.717) is 0 Å². The third kappa shape index (κ3) is 15.0. The van der Waals surface area contributed by atoms with Crippen LogP contribution in [0.4, 0.5) is 0 Å². The number of hydrogen-bond acceptors (Lipinski definition) is 15. The molecule has 14 N–H and O–H groups in total. The van der Waals surface area contributed by atoms with Crippen molar-refractivity contribution in [1.82, 2.24) is 52.5 Å². The van der Waals surface area contributed by atoms with Gasteiger partial charge in [0.2, 0.25) is 53.2 Å². The molecule has 0 unspecified atom stereocenters. The summed E-state index contributed by atoms with van der Waals surface area (Å²) in [5, 5.41) is 48.6. The molecule has 23 nitrogen and oxygen atoms in total. The van der Waals surface area contributed by atoms with E-state index in [1.54, 1.807) is 13.8 Å². The molecular weight excluding hydrogens is 795 g/mol. The third-order valence-electron chi connectivity index (χ3n) is 8.02. The summed E-state index contributed by atoms with van der Waals surface area (Å²) < 4.78 is 0. The number of aliphatic hydroxyl groups excluding tert-OH is 3. The first kappa shape index (κ1) is 47.9. The monoisotopic (exact) mass is 843 g/mol. The van der Waals surface area contributed by atoms with Crippen molar-refractivity contribution in [1.29, 1.82) is 0 Å². The average molecular weight is 844 g/mol. The summed E-state index contributed by atoms with van der Waals surface area (Å²) in [7, 11) is 1.63. The normalized spacial score (nSPS) is 27.2. The van der Waals surface area contributed by atoms with Crippen molar-refractivity contribution < 1.29 is 58.5 Å². The summed E-state index contributed by atoms with van der Waals surface area (Å²) in [5.74, 6) is -9.40. The first-order valence-corrected chi connectivity index (χ1v) is 19.6. The van der Waals surface area contributed by atoms with Gasteiger partial charge in [0.25, 0.3) is 0 Å². The minimum Gasteiger partial charge on any atom is -0.394 e. The zero-order chi connectivity index (χ0) is 43.0. The Balaban J connectivity index is 2.53. The first-order chi connectivity index (χ1) is 26.8. The number of imidazole rings is 1. The molecule has 0 aliphatic carbocycles. The van der Waals surface area contributed by atoms with Crippen LogP contribution in [0.15, 0.2) is 23.9 Å². The van der Waals surface area contributed by atoms with Crippen LogP contribution < -0.4 is 48.3 Å². The van der Waals surface area contributed by atoms with Gasteiger partial charge < -0.3 is 68.6 Å². The number of carbonyl (C=O) groups excluding carboxylic acids is 9. The molecule has 2 heterocycles. The number of aromatic nitrogens is 2. The molecule has 1 saturated heterocycles. The second-order valence-corrected chi connectivity index (χ2v) is 15.4. The number of H-pyrrole nitrogens is 1. The molecule has 8 atom stereocenters. The molecular formula is C32H49N11O12S2. The van der Waals surface area contributed by atoms with Crippen molar-refractivity contribution in [3.8, 4) is 0 Å². The van der Waals surface area contributed by atoms with Crippen LogP contribution in [-0.4, -0.2) is 152 Å². The maximum atomic E-state index is 13.5. The Morgan fingerprint density at radius 1 is 0.807 bits per heavy atom. The van der Waals surface area contributed by atoms with Gasteiger partial charge in [0, 0.05) is 36.4 Å². The van der Waals surface area contributed by atoms with Gasteiger partial charge in [-0.3, -0.25) is 43.2 Å². The molecule has 1 aliphatic heterocycles. The van der Waals surface area contributed by atoms with Crippen LogP contribution in [-0.2, 0) is 49.6 Å². The number of nitrogens with two attached hydrogens (primary N) is 1. The van der Waals surface area contributed by atoms with E-state index >= 15 is 0 Å². The van der Waals surface area contributed by atoms with Crippen LogP contribution in [0.5, 0.6) is 0 Å². The van der Waals surface area contributed by atoms with E-state index < -0.39 is 127 Å². The van der Waals surface area contributed by atoms with Crippen LogP contribution in [0.2, 0.25) is 0 Å².